The quantitative estimate of drug-likeness (QED) is 0.706. The number of benzene rings is 2. The second-order valence-electron chi connectivity index (χ2n) is 5.54. The van der Waals surface area contributed by atoms with Crippen molar-refractivity contribution in [2.45, 2.75) is 13.0 Å². The zero-order valence-corrected chi connectivity index (χ0v) is 14.4. The van der Waals surface area contributed by atoms with E-state index < -0.39 is 0 Å². The lowest BCUT2D eigenvalue weighted by Gasteiger charge is -2.15. The summed E-state index contributed by atoms with van der Waals surface area (Å²) in [6.07, 6.45) is 0. The lowest BCUT2D eigenvalue weighted by Crippen LogP contribution is -2.15. The minimum Gasteiger partial charge on any atom is -0.362 e. The van der Waals surface area contributed by atoms with E-state index in [0.29, 0.717) is 16.5 Å². The number of carbonyl (C=O) groups is 1. The first-order valence-corrected chi connectivity index (χ1v) is 8.22. The molecule has 0 fully saturated rings. The Labute approximate surface area is 151 Å². The lowest BCUT2D eigenvalue weighted by atomic mass is 10.1. The summed E-state index contributed by atoms with van der Waals surface area (Å²) in [5.74, 6) is 0.289. The van der Waals surface area contributed by atoms with Gasteiger partial charge in [0.15, 0.2) is 5.69 Å². The van der Waals surface area contributed by atoms with Crippen LogP contribution < -0.4 is 10.6 Å². The molecule has 5 nitrogen and oxygen atoms in total. The highest BCUT2D eigenvalue weighted by molar-refractivity contribution is 6.30. The molecule has 0 aliphatic rings. The molecule has 0 radical (unpaired) electrons. The van der Waals surface area contributed by atoms with Gasteiger partial charge in [-0.3, -0.25) is 4.79 Å². The Bertz CT molecular complexity index is 853. The van der Waals surface area contributed by atoms with Gasteiger partial charge in [0.1, 0.15) is 5.82 Å². The first kappa shape index (κ1) is 16.9. The molecule has 3 rings (SSSR count). The van der Waals surface area contributed by atoms with Gasteiger partial charge in [0.05, 0.1) is 6.04 Å². The summed E-state index contributed by atoms with van der Waals surface area (Å²) in [7, 11) is 0. The van der Waals surface area contributed by atoms with Gasteiger partial charge >= 0.3 is 0 Å². The second-order valence-corrected chi connectivity index (χ2v) is 5.98. The van der Waals surface area contributed by atoms with Crippen molar-refractivity contribution in [3.63, 3.8) is 0 Å². The minimum atomic E-state index is -0.298. The van der Waals surface area contributed by atoms with E-state index in [1.807, 2.05) is 61.5 Å². The first-order chi connectivity index (χ1) is 12.1. The predicted molar refractivity (Wildman–Crippen MR) is 99.9 cm³/mol. The highest BCUT2D eigenvalue weighted by Gasteiger charge is 2.10. The van der Waals surface area contributed by atoms with E-state index in [1.54, 1.807) is 12.1 Å². The number of carbonyl (C=O) groups excluding carboxylic acids is 1. The zero-order chi connectivity index (χ0) is 17.6. The van der Waals surface area contributed by atoms with Crippen LogP contribution in [0.1, 0.15) is 29.0 Å². The Balaban J connectivity index is 1.64. The number of aromatic nitrogens is 2. The number of rotatable bonds is 5. The number of nitrogens with zero attached hydrogens (tertiary/aromatic N) is 2. The van der Waals surface area contributed by atoms with Gasteiger partial charge in [-0.1, -0.05) is 41.9 Å². The molecule has 0 bridgehead atoms. The van der Waals surface area contributed by atoms with Crippen molar-refractivity contribution in [3.05, 3.63) is 83.0 Å². The van der Waals surface area contributed by atoms with E-state index in [9.17, 15) is 4.79 Å². The minimum absolute atomic E-state index is 0.0111. The average molecular weight is 353 g/mol. The number of halogens is 1. The fraction of sp³-hybridized carbons (Fsp3) is 0.105. The standard InChI is InChI=1S/C19H17ClN4O/c1-13(14-6-5-7-15(20)12-14)21-18-11-10-17(23-24-18)19(25)22-16-8-3-2-4-9-16/h2-13H,1H3,(H,21,24)(H,22,25). The molecule has 0 aliphatic carbocycles. The van der Waals surface area contributed by atoms with Gasteiger partial charge in [-0.2, -0.15) is 0 Å². The van der Waals surface area contributed by atoms with Crippen molar-refractivity contribution in [3.8, 4) is 0 Å². The van der Waals surface area contributed by atoms with Crippen LogP contribution in [0.25, 0.3) is 0 Å². The van der Waals surface area contributed by atoms with Crippen LogP contribution in [0.15, 0.2) is 66.7 Å². The second kappa shape index (κ2) is 7.77. The maximum Gasteiger partial charge on any atom is 0.276 e. The van der Waals surface area contributed by atoms with Gasteiger partial charge in [0, 0.05) is 10.7 Å². The SMILES string of the molecule is CC(Nc1ccc(C(=O)Nc2ccccc2)nn1)c1cccc(Cl)c1. The summed E-state index contributed by atoms with van der Waals surface area (Å²) in [6.45, 7) is 2.00. The molecule has 1 unspecified atom stereocenters. The third kappa shape index (κ3) is 4.55. The van der Waals surface area contributed by atoms with Crippen LogP contribution in [0.2, 0.25) is 5.02 Å². The third-order valence-corrected chi connectivity index (χ3v) is 3.88. The Morgan fingerprint density at radius 3 is 2.48 bits per heavy atom. The van der Waals surface area contributed by atoms with Crippen LogP contribution in [-0.2, 0) is 0 Å². The van der Waals surface area contributed by atoms with Crippen LogP contribution >= 0.6 is 11.6 Å². The summed E-state index contributed by atoms with van der Waals surface area (Å²) in [5.41, 5.74) is 2.01. The number of nitrogens with one attached hydrogen (secondary N) is 2. The Morgan fingerprint density at radius 1 is 1.00 bits per heavy atom. The normalized spacial score (nSPS) is 11.6. The van der Waals surface area contributed by atoms with E-state index in [4.69, 9.17) is 11.6 Å². The lowest BCUT2D eigenvalue weighted by molar-refractivity contribution is 0.102. The third-order valence-electron chi connectivity index (χ3n) is 3.64. The number of hydrogen-bond acceptors (Lipinski definition) is 4. The molecule has 1 heterocycles. The average Bonchev–Trinajstić information content (AvgIpc) is 2.63. The van der Waals surface area contributed by atoms with Crippen molar-refractivity contribution in [1.29, 1.82) is 0 Å². The zero-order valence-electron chi connectivity index (χ0n) is 13.6. The molecule has 0 spiro atoms. The molecule has 0 saturated carbocycles. The van der Waals surface area contributed by atoms with Gasteiger partial charge in [0.2, 0.25) is 0 Å². The van der Waals surface area contributed by atoms with Crippen molar-refractivity contribution < 1.29 is 4.79 Å². The van der Waals surface area contributed by atoms with Crippen LogP contribution in [0, 0.1) is 0 Å². The summed E-state index contributed by atoms with van der Waals surface area (Å²) < 4.78 is 0. The molecule has 0 saturated heterocycles. The Morgan fingerprint density at radius 2 is 1.80 bits per heavy atom. The fourth-order valence-electron chi connectivity index (χ4n) is 2.33. The van der Waals surface area contributed by atoms with Gasteiger partial charge < -0.3 is 10.6 Å². The summed E-state index contributed by atoms with van der Waals surface area (Å²) >= 11 is 6.01. The van der Waals surface area contributed by atoms with Crippen molar-refractivity contribution in [1.82, 2.24) is 10.2 Å². The van der Waals surface area contributed by atoms with Gasteiger partial charge in [0.25, 0.3) is 5.91 Å². The summed E-state index contributed by atoms with van der Waals surface area (Å²) in [6, 6.07) is 20.2. The van der Waals surface area contributed by atoms with Crippen molar-refractivity contribution in [2.24, 2.45) is 0 Å². The Hall–Kier alpha value is -2.92. The predicted octanol–water partition coefficient (Wildman–Crippen LogP) is 4.56. The molecule has 6 heteroatoms. The van der Waals surface area contributed by atoms with Gasteiger partial charge in [-0.05, 0) is 48.9 Å². The molecular formula is C19H17ClN4O. The maximum atomic E-state index is 12.2. The molecule has 1 atom stereocenters. The number of anilines is 2. The smallest absolute Gasteiger partial charge is 0.276 e. The molecule has 2 N–H and O–H groups in total. The van der Waals surface area contributed by atoms with E-state index in [2.05, 4.69) is 20.8 Å². The molecule has 2 aromatic carbocycles. The number of amides is 1. The molecule has 25 heavy (non-hydrogen) atoms. The molecule has 1 aromatic heterocycles. The molecular weight excluding hydrogens is 336 g/mol. The fourth-order valence-corrected chi connectivity index (χ4v) is 2.53. The van der Waals surface area contributed by atoms with Crippen LogP contribution in [0.4, 0.5) is 11.5 Å². The molecule has 0 aliphatic heterocycles. The van der Waals surface area contributed by atoms with Crippen LogP contribution in [0.3, 0.4) is 0 Å². The van der Waals surface area contributed by atoms with Gasteiger partial charge in [-0.15, -0.1) is 10.2 Å². The van der Waals surface area contributed by atoms with Crippen molar-refractivity contribution in [2.75, 3.05) is 10.6 Å². The highest BCUT2D eigenvalue weighted by atomic mass is 35.5. The van der Waals surface area contributed by atoms with Gasteiger partial charge in [-0.25, -0.2) is 0 Å². The van der Waals surface area contributed by atoms with E-state index in [1.165, 1.54) is 0 Å². The highest BCUT2D eigenvalue weighted by Crippen LogP contribution is 2.20. The number of hydrogen-bond donors (Lipinski definition) is 2. The van der Waals surface area contributed by atoms with E-state index in [-0.39, 0.29) is 17.6 Å². The first-order valence-electron chi connectivity index (χ1n) is 7.84. The monoisotopic (exact) mass is 352 g/mol. The molecule has 3 aromatic rings. The molecule has 126 valence electrons. The molecule has 1 amide bonds. The van der Waals surface area contributed by atoms with Crippen molar-refractivity contribution >= 4 is 29.0 Å². The Kier molecular flexibility index (Phi) is 5.26. The van der Waals surface area contributed by atoms with E-state index >= 15 is 0 Å². The summed E-state index contributed by atoms with van der Waals surface area (Å²) in [4.78, 5) is 12.2. The number of para-hydroxylation sites is 1. The van der Waals surface area contributed by atoms with E-state index in [0.717, 1.165) is 5.56 Å². The summed E-state index contributed by atoms with van der Waals surface area (Å²) in [5, 5.41) is 14.8. The van der Waals surface area contributed by atoms with Crippen LogP contribution in [-0.4, -0.2) is 16.1 Å². The maximum absolute atomic E-state index is 12.2. The largest absolute Gasteiger partial charge is 0.362 e. The van der Waals surface area contributed by atoms with Crippen LogP contribution in [0.5, 0.6) is 0 Å². The topological polar surface area (TPSA) is 66.9 Å².